The Labute approximate surface area is 159 Å². The maximum absolute atomic E-state index is 12.6. The van der Waals surface area contributed by atoms with Gasteiger partial charge in [-0.1, -0.05) is 18.2 Å². The molecule has 3 aromatic rings. The molecule has 1 aromatic heterocycles. The van der Waals surface area contributed by atoms with E-state index < -0.39 is 16.8 Å². The molecule has 0 bridgehead atoms. The monoisotopic (exact) mass is 383 g/mol. The molecule has 0 radical (unpaired) electrons. The van der Waals surface area contributed by atoms with Crippen molar-refractivity contribution >= 4 is 34.2 Å². The van der Waals surface area contributed by atoms with E-state index in [2.05, 4.69) is 5.32 Å². The summed E-state index contributed by atoms with van der Waals surface area (Å²) in [5.41, 5.74) is 1.01. The zero-order valence-electron chi connectivity index (χ0n) is 15.1. The predicted molar refractivity (Wildman–Crippen MR) is 102 cm³/mol. The Bertz CT molecular complexity index is 1100. The van der Waals surface area contributed by atoms with Crippen molar-refractivity contribution in [3.63, 3.8) is 0 Å². The summed E-state index contributed by atoms with van der Waals surface area (Å²) in [6.45, 7) is 0. The number of nitro benzene ring substituents is 1. The number of methoxy groups -OCH3 is 1. The van der Waals surface area contributed by atoms with E-state index in [-0.39, 0.29) is 29.2 Å². The Balaban J connectivity index is 1.97. The number of amides is 1. The van der Waals surface area contributed by atoms with Crippen molar-refractivity contribution in [3.05, 3.63) is 63.8 Å². The smallest absolute Gasteiger partial charge is 0.352 e. The van der Waals surface area contributed by atoms with Gasteiger partial charge in [0.05, 0.1) is 24.1 Å². The molecule has 144 valence electrons. The SMILES string of the molecule is COc1ccc([N+](=O)[O-])cc1NC(=O)Cc1c(C(=O)O)n(C)c2ccccc12. The fourth-order valence-corrected chi connectivity index (χ4v) is 3.19. The molecule has 0 aliphatic heterocycles. The van der Waals surface area contributed by atoms with Gasteiger partial charge in [0.2, 0.25) is 5.91 Å². The van der Waals surface area contributed by atoms with Crippen LogP contribution in [0.3, 0.4) is 0 Å². The van der Waals surface area contributed by atoms with Gasteiger partial charge in [-0.05, 0) is 12.1 Å². The molecule has 1 heterocycles. The highest BCUT2D eigenvalue weighted by Gasteiger charge is 2.23. The second-order valence-corrected chi connectivity index (χ2v) is 6.08. The molecule has 0 aliphatic carbocycles. The van der Waals surface area contributed by atoms with Gasteiger partial charge in [-0.3, -0.25) is 14.9 Å². The van der Waals surface area contributed by atoms with Crippen LogP contribution in [0.5, 0.6) is 5.75 Å². The molecule has 0 fully saturated rings. The van der Waals surface area contributed by atoms with E-state index in [4.69, 9.17) is 4.74 Å². The average molecular weight is 383 g/mol. The number of hydrogen-bond acceptors (Lipinski definition) is 5. The average Bonchev–Trinajstić information content (AvgIpc) is 2.94. The first kappa shape index (κ1) is 18.9. The highest BCUT2D eigenvalue weighted by atomic mass is 16.6. The Kier molecular flexibility index (Phi) is 4.99. The summed E-state index contributed by atoms with van der Waals surface area (Å²) in [7, 11) is 3.00. The van der Waals surface area contributed by atoms with Crippen LogP contribution in [-0.4, -0.2) is 33.6 Å². The van der Waals surface area contributed by atoms with Gasteiger partial charge in [-0.15, -0.1) is 0 Å². The quantitative estimate of drug-likeness (QED) is 0.498. The molecule has 0 saturated carbocycles. The Hall–Kier alpha value is -3.88. The number of benzene rings is 2. The number of nitrogens with zero attached hydrogens (tertiary/aromatic N) is 2. The topological polar surface area (TPSA) is 124 Å². The number of carbonyl (C=O) groups excluding carboxylic acids is 1. The zero-order valence-corrected chi connectivity index (χ0v) is 15.1. The number of rotatable bonds is 6. The van der Waals surface area contributed by atoms with Gasteiger partial charge in [0.1, 0.15) is 11.4 Å². The van der Waals surface area contributed by atoms with Gasteiger partial charge < -0.3 is 19.7 Å². The van der Waals surface area contributed by atoms with Gasteiger partial charge in [-0.25, -0.2) is 4.79 Å². The maximum atomic E-state index is 12.6. The first-order valence-corrected chi connectivity index (χ1v) is 8.25. The first-order valence-electron chi connectivity index (χ1n) is 8.25. The van der Waals surface area contributed by atoms with Crippen molar-refractivity contribution in [2.24, 2.45) is 7.05 Å². The van der Waals surface area contributed by atoms with Crippen molar-refractivity contribution in [2.75, 3.05) is 12.4 Å². The van der Waals surface area contributed by atoms with Gasteiger partial charge >= 0.3 is 5.97 Å². The van der Waals surface area contributed by atoms with Crippen LogP contribution >= 0.6 is 0 Å². The van der Waals surface area contributed by atoms with Crippen molar-refractivity contribution in [1.29, 1.82) is 0 Å². The number of fused-ring (bicyclic) bond motifs is 1. The van der Waals surface area contributed by atoms with E-state index in [0.717, 1.165) is 0 Å². The number of para-hydroxylation sites is 1. The highest BCUT2D eigenvalue weighted by molar-refractivity contribution is 6.03. The third-order valence-electron chi connectivity index (χ3n) is 4.42. The highest BCUT2D eigenvalue weighted by Crippen LogP contribution is 2.30. The van der Waals surface area contributed by atoms with Crippen molar-refractivity contribution < 1.29 is 24.4 Å². The summed E-state index contributed by atoms with van der Waals surface area (Å²) in [6, 6.07) is 10.9. The number of non-ortho nitro benzene ring substituents is 1. The van der Waals surface area contributed by atoms with Crippen LogP contribution < -0.4 is 10.1 Å². The van der Waals surface area contributed by atoms with Crippen LogP contribution in [0.15, 0.2) is 42.5 Å². The second-order valence-electron chi connectivity index (χ2n) is 6.08. The molecule has 9 heteroatoms. The van der Waals surface area contributed by atoms with E-state index in [0.29, 0.717) is 16.5 Å². The van der Waals surface area contributed by atoms with E-state index in [1.807, 2.05) is 0 Å². The lowest BCUT2D eigenvalue weighted by molar-refractivity contribution is -0.384. The number of carboxylic acid groups (broad SMARTS) is 1. The number of carbonyl (C=O) groups is 2. The van der Waals surface area contributed by atoms with Crippen LogP contribution in [0.1, 0.15) is 16.1 Å². The lowest BCUT2D eigenvalue weighted by atomic mass is 10.1. The van der Waals surface area contributed by atoms with Crippen LogP contribution in [0, 0.1) is 10.1 Å². The molecule has 0 atom stereocenters. The fourth-order valence-electron chi connectivity index (χ4n) is 3.19. The molecule has 0 aliphatic rings. The standard InChI is InChI=1S/C19H17N3O6/c1-21-15-6-4-3-5-12(15)13(18(21)19(24)25)10-17(23)20-14-9-11(22(26)27)7-8-16(14)28-2/h3-9H,10H2,1-2H3,(H,20,23)(H,24,25). The Morgan fingerprint density at radius 3 is 2.61 bits per heavy atom. The van der Waals surface area contributed by atoms with Crippen LogP contribution in [0.2, 0.25) is 0 Å². The first-order chi connectivity index (χ1) is 13.3. The number of nitro groups is 1. The van der Waals surface area contributed by atoms with Crippen molar-refractivity contribution in [1.82, 2.24) is 4.57 Å². The number of hydrogen-bond donors (Lipinski definition) is 2. The normalized spacial score (nSPS) is 10.6. The lowest BCUT2D eigenvalue weighted by Gasteiger charge is -2.10. The molecule has 0 unspecified atom stereocenters. The predicted octanol–water partition coefficient (Wildman–Crippen LogP) is 2.97. The van der Waals surface area contributed by atoms with E-state index in [1.54, 1.807) is 31.3 Å². The molecule has 1 amide bonds. The number of nitrogens with one attached hydrogen (secondary N) is 1. The summed E-state index contributed by atoms with van der Waals surface area (Å²) < 4.78 is 6.65. The largest absolute Gasteiger partial charge is 0.495 e. The van der Waals surface area contributed by atoms with E-state index >= 15 is 0 Å². The minimum Gasteiger partial charge on any atom is -0.495 e. The minimum atomic E-state index is -1.14. The number of carboxylic acids is 1. The van der Waals surface area contributed by atoms with Crippen LogP contribution in [0.25, 0.3) is 10.9 Å². The molecule has 3 rings (SSSR count). The number of ether oxygens (including phenoxy) is 1. The molecule has 9 nitrogen and oxygen atoms in total. The van der Waals surface area contributed by atoms with Gasteiger partial charge in [0, 0.05) is 35.6 Å². The lowest BCUT2D eigenvalue weighted by Crippen LogP contribution is -2.17. The van der Waals surface area contributed by atoms with Crippen LogP contribution in [0.4, 0.5) is 11.4 Å². The maximum Gasteiger partial charge on any atom is 0.352 e. The molecule has 28 heavy (non-hydrogen) atoms. The number of aryl methyl sites for hydroxylation is 1. The molecule has 0 spiro atoms. The second kappa shape index (κ2) is 7.39. The summed E-state index contributed by atoms with van der Waals surface area (Å²) in [5, 5.41) is 23.8. The summed E-state index contributed by atoms with van der Waals surface area (Å²) >= 11 is 0. The van der Waals surface area contributed by atoms with Gasteiger partial charge in [0.25, 0.3) is 5.69 Å². The summed E-state index contributed by atoms with van der Waals surface area (Å²) in [6.07, 6.45) is -0.213. The minimum absolute atomic E-state index is 0.0161. The molecule has 2 N–H and O–H groups in total. The van der Waals surface area contributed by atoms with E-state index in [9.17, 15) is 24.8 Å². The molecular formula is C19H17N3O6. The Morgan fingerprint density at radius 2 is 1.96 bits per heavy atom. The fraction of sp³-hybridized carbons (Fsp3) is 0.158. The summed E-state index contributed by atoms with van der Waals surface area (Å²) in [4.78, 5) is 34.7. The molecule has 0 saturated heterocycles. The van der Waals surface area contributed by atoms with Gasteiger partial charge in [0.15, 0.2) is 0 Å². The third kappa shape index (κ3) is 3.37. The third-order valence-corrected chi connectivity index (χ3v) is 4.42. The van der Waals surface area contributed by atoms with E-state index in [1.165, 1.54) is 29.9 Å². The zero-order chi connectivity index (χ0) is 20.4. The number of aromatic nitrogens is 1. The van der Waals surface area contributed by atoms with Crippen molar-refractivity contribution in [3.8, 4) is 5.75 Å². The number of aromatic carboxylic acids is 1. The number of anilines is 1. The van der Waals surface area contributed by atoms with Gasteiger partial charge in [-0.2, -0.15) is 0 Å². The summed E-state index contributed by atoms with van der Waals surface area (Å²) in [5.74, 6) is -1.40. The van der Waals surface area contributed by atoms with Crippen molar-refractivity contribution in [2.45, 2.75) is 6.42 Å². The molecule has 2 aromatic carbocycles. The molecular weight excluding hydrogens is 366 g/mol. The Morgan fingerprint density at radius 1 is 1.25 bits per heavy atom. The van der Waals surface area contributed by atoms with Crippen LogP contribution in [-0.2, 0) is 18.3 Å².